The van der Waals surface area contributed by atoms with Crippen LogP contribution < -0.4 is 0 Å². The van der Waals surface area contributed by atoms with Crippen molar-refractivity contribution in [3.63, 3.8) is 0 Å². The molecule has 1 saturated carbocycles. The Hall–Kier alpha value is -0.0800. The second-order valence-corrected chi connectivity index (χ2v) is 6.35. The first-order valence-corrected chi connectivity index (χ1v) is 5.97. The quantitative estimate of drug-likeness (QED) is 0.696. The lowest BCUT2D eigenvalue weighted by molar-refractivity contribution is -0.0419. The van der Waals surface area contributed by atoms with Crippen molar-refractivity contribution in [3.8, 4) is 0 Å². The van der Waals surface area contributed by atoms with Crippen molar-refractivity contribution in [2.24, 2.45) is 16.7 Å². The maximum absolute atomic E-state index is 5.51. The molecule has 0 amide bonds. The Morgan fingerprint density at radius 1 is 1.20 bits per heavy atom. The summed E-state index contributed by atoms with van der Waals surface area (Å²) < 4.78 is 5.51. The largest absolute Gasteiger partial charge is 0.384 e. The smallest absolute Gasteiger partial charge is 0.0538 e. The van der Waals surface area contributed by atoms with Crippen LogP contribution in [0.5, 0.6) is 0 Å². The van der Waals surface area contributed by atoms with Gasteiger partial charge in [0.25, 0.3) is 0 Å². The van der Waals surface area contributed by atoms with Crippen molar-refractivity contribution in [1.82, 2.24) is 4.90 Å². The van der Waals surface area contributed by atoms with Crippen molar-refractivity contribution in [1.29, 1.82) is 0 Å². The van der Waals surface area contributed by atoms with Gasteiger partial charge in [0.2, 0.25) is 0 Å². The minimum absolute atomic E-state index is 0.314. The fraction of sp³-hybridized carbons (Fsp3) is 1.00. The summed E-state index contributed by atoms with van der Waals surface area (Å²) in [6.07, 6.45) is 2.77. The van der Waals surface area contributed by atoms with Gasteiger partial charge in [0.1, 0.15) is 0 Å². The van der Waals surface area contributed by atoms with E-state index in [1.54, 1.807) is 0 Å². The minimum Gasteiger partial charge on any atom is -0.384 e. The van der Waals surface area contributed by atoms with Crippen molar-refractivity contribution >= 4 is 0 Å². The van der Waals surface area contributed by atoms with E-state index in [0.29, 0.717) is 10.8 Å². The molecule has 0 saturated heterocycles. The molecule has 0 N–H and O–H groups in total. The van der Waals surface area contributed by atoms with Gasteiger partial charge in [0.05, 0.1) is 6.61 Å². The molecule has 0 heterocycles. The highest BCUT2D eigenvalue weighted by molar-refractivity contribution is 5.02. The molecule has 2 nitrogen and oxygen atoms in total. The fourth-order valence-electron chi connectivity index (χ4n) is 2.82. The zero-order valence-corrected chi connectivity index (χ0v) is 11.3. The average Bonchev–Trinajstić information content (AvgIpc) is 2.82. The highest BCUT2D eigenvalue weighted by Gasteiger charge is 2.52. The lowest BCUT2D eigenvalue weighted by Crippen LogP contribution is -2.48. The third-order valence-electron chi connectivity index (χ3n) is 3.85. The summed E-state index contributed by atoms with van der Waals surface area (Å²) >= 11 is 0. The van der Waals surface area contributed by atoms with E-state index in [2.05, 4.69) is 39.8 Å². The molecule has 1 aliphatic rings. The zero-order chi connectivity index (χ0) is 11.7. The van der Waals surface area contributed by atoms with E-state index in [1.807, 2.05) is 7.11 Å². The van der Waals surface area contributed by atoms with E-state index in [1.165, 1.54) is 12.8 Å². The Morgan fingerprint density at radius 2 is 1.73 bits per heavy atom. The molecular weight excluding hydrogens is 186 g/mol. The maximum atomic E-state index is 5.51. The first-order chi connectivity index (χ1) is 6.83. The topological polar surface area (TPSA) is 12.5 Å². The van der Waals surface area contributed by atoms with Crippen LogP contribution in [0, 0.1) is 16.7 Å². The summed E-state index contributed by atoms with van der Waals surface area (Å²) in [6, 6.07) is 0. The van der Waals surface area contributed by atoms with E-state index in [4.69, 9.17) is 4.74 Å². The Morgan fingerprint density at radius 3 is 2.00 bits per heavy atom. The van der Waals surface area contributed by atoms with E-state index in [9.17, 15) is 0 Å². The normalized spacial score (nSPS) is 21.8. The van der Waals surface area contributed by atoms with E-state index >= 15 is 0 Å². The van der Waals surface area contributed by atoms with Gasteiger partial charge in [0.15, 0.2) is 0 Å². The summed E-state index contributed by atoms with van der Waals surface area (Å²) in [7, 11) is 6.16. The van der Waals surface area contributed by atoms with Crippen molar-refractivity contribution in [3.05, 3.63) is 0 Å². The van der Waals surface area contributed by atoms with E-state index in [-0.39, 0.29) is 0 Å². The summed E-state index contributed by atoms with van der Waals surface area (Å²) in [6.45, 7) is 9.09. The lowest BCUT2D eigenvalue weighted by Gasteiger charge is -2.46. The summed E-state index contributed by atoms with van der Waals surface area (Å²) in [4.78, 5) is 2.31. The van der Waals surface area contributed by atoms with Gasteiger partial charge in [-0.05, 0) is 38.3 Å². The molecule has 1 unspecified atom stereocenters. The maximum Gasteiger partial charge on any atom is 0.0538 e. The van der Waals surface area contributed by atoms with Gasteiger partial charge in [-0.2, -0.15) is 0 Å². The highest BCUT2D eigenvalue weighted by atomic mass is 16.5. The molecule has 0 aliphatic heterocycles. The lowest BCUT2D eigenvalue weighted by atomic mass is 9.63. The second kappa shape index (κ2) is 4.42. The van der Waals surface area contributed by atoms with Crippen LogP contribution >= 0.6 is 0 Å². The van der Waals surface area contributed by atoms with Gasteiger partial charge in [-0.25, -0.2) is 0 Å². The van der Waals surface area contributed by atoms with Crippen LogP contribution in [0.15, 0.2) is 0 Å². The molecule has 15 heavy (non-hydrogen) atoms. The van der Waals surface area contributed by atoms with Gasteiger partial charge in [-0.3, -0.25) is 0 Å². The predicted octanol–water partition coefficient (Wildman–Crippen LogP) is 2.64. The Labute approximate surface area is 95.0 Å². The second-order valence-electron chi connectivity index (χ2n) is 6.35. The van der Waals surface area contributed by atoms with Crippen molar-refractivity contribution in [2.45, 2.75) is 33.6 Å². The van der Waals surface area contributed by atoms with Crippen LogP contribution in [0.25, 0.3) is 0 Å². The molecule has 1 atom stereocenters. The monoisotopic (exact) mass is 213 g/mol. The molecule has 0 aromatic rings. The first-order valence-electron chi connectivity index (χ1n) is 5.97. The molecule has 1 fully saturated rings. The molecule has 0 bridgehead atoms. The number of hydrogen-bond acceptors (Lipinski definition) is 2. The SMILES string of the molecule is COCC(CN(C)C)(C1CC1)C(C)(C)C. The number of nitrogens with zero attached hydrogens (tertiary/aromatic N) is 1. The van der Waals surface area contributed by atoms with Crippen LogP contribution in [0.1, 0.15) is 33.6 Å². The Balaban J connectivity index is 2.88. The standard InChI is InChI=1S/C13H27NO/c1-12(2,3)13(10-15-6,9-14(4)5)11-7-8-11/h11H,7-10H2,1-6H3. The van der Waals surface area contributed by atoms with Crippen LogP contribution in [0.4, 0.5) is 0 Å². The van der Waals surface area contributed by atoms with Crippen molar-refractivity contribution in [2.75, 3.05) is 34.4 Å². The highest BCUT2D eigenvalue weighted by Crippen LogP contribution is 2.55. The molecular formula is C13H27NO. The molecule has 0 spiro atoms. The van der Waals surface area contributed by atoms with Gasteiger partial charge in [-0.1, -0.05) is 20.8 Å². The van der Waals surface area contributed by atoms with E-state index in [0.717, 1.165) is 19.1 Å². The molecule has 0 aromatic carbocycles. The molecule has 0 radical (unpaired) electrons. The number of methoxy groups -OCH3 is 1. The molecule has 90 valence electrons. The van der Waals surface area contributed by atoms with Crippen LogP contribution in [0.3, 0.4) is 0 Å². The third kappa shape index (κ3) is 2.73. The molecule has 1 rings (SSSR count). The fourth-order valence-corrected chi connectivity index (χ4v) is 2.82. The van der Waals surface area contributed by atoms with Crippen LogP contribution in [-0.4, -0.2) is 39.3 Å². The van der Waals surface area contributed by atoms with Crippen LogP contribution in [-0.2, 0) is 4.74 Å². The van der Waals surface area contributed by atoms with Gasteiger partial charge in [0, 0.05) is 19.1 Å². The number of ether oxygens (including phenoxy) is 1. The molecule has 1 aliphatic carbocycles. The van der Waals surface area contributed by atoms with Crippen LogP contribution in [0.2, 0.25) is 0 Å². The summed E-state index contributed by atoms with van der Waals surface area (Å²) in [5.74, 6) is 0.861. The average molecular weight is 213 g/mol. The predicted molar refractivity (Wildman–Crippen MR) is 65.0 cm³/mol. The van der Waals surface area contributed by atoms with E-state index < -0.39 is 0 Å². The van der Waals surface area contributed by atoms with Gasteiger partial charge < -0.3 is 9.64 Å². The summed E-state index contributed by atoms with van der Waals surface area (Å²) in [5.41, 5.74) is 0.639. The van der Waals surface area contributed by atoms with Crippen molar-refractivity contribution < 1.29 is 4.74 Å². The summed E-state index contributed by atoms with van der Waals surface area (Å²) in [5, 5.41) is 0. The zero-order valence-electron chi connectivity index (χ0n) is 11.3. The Bertz CT molecular complexity index is 203. The first kappa shape index (κ1) is 13.0. The number of rotatable bonds is 5. The van der Waals surface area contributed by atoms with Gasteiger partial charge in [-0.15, -0.1) is 0 Å². The molecule has 0 aromatic heterocycles. The number of hydrogen-bond donors (Lipinski definition) is 0. The third-order valence-corrected chi connectivity index (χ3v) is 3.85. The van der Waals surface area contributed by atoms with Gasteiger partial charge >= 0.3 is 0 Å². The molecule has 2 heteroatoms. The minimum atomic E-state index is 0.314. The Kier molecular flexibility index (Phi) is 3.83.